The summed E-state index contributed by atoms with van der Waals surface area (Å²) in [7, 11) is 0. The van der Waals surface area contributed by atoms with E-state index in [1.165, 1.54) is 18.2 Å². The monoisotopic (exact) mass is 370 g/mol. The largest absolute Gasteiger partial charge is 0.454 e. The average Bonchev–Trinajstić information content (AvgIpc) is 2.59. The zero-order valence-corrected chi connectivity index (χ0v) is 13.0. The van der Waals surface area contributed by atoms with Crippen molar-refractivity contribution in [3.05, 3.63) is 76.9 Å². The van der Waals surface area contributed by atoms with E-state index in [1.807, 2.05) is 0 Å². The Labute approximate surface area is 144 Å². The molecule has 2 aromatic rings. The number of rotatable bonds is 5. The first-order valence-electron chi connectivity index (χ1n) is 7.17. The van der Waals surface area contributed by atoms with Gasteiger partial charge in [-0.1, -0.05) is 12.1 Å². The highest BCUT2D eigenvalue weighted by Crippen LogP contribution is 2.29. The van der Waals surface area contributed by atoms with E-state index in [9.17, 15) is 31.5 Å². The summed E-state index contributed by atoms with van der Waals surface area (Å²) in [6, 6.07) is 6.55. The molecule has 0 aliphatic rings. The van der Waals surface area contributed by atoms with Crippen molar-refractivity contribution < 1.29 is 36.3 Å². The van der Waals surface area contributed by atoms with E-state index in [4.69, 9.17) is 0 Å². The minimum atomic E-state index is -4.46. The zero-order chi connectivity index (χ0) is 19.3. The number of carbonyl (C=O) groups excluding carboxylic acids is 2. The van der Waals surface area contributed by atoms with Crippen LogP contribution in [-0.4, -0.2) is 18.4 Å². The Hall–Kier alpha value is -3.03. The van der Waals surface area contributed by atoms with Gasteiger partial charge in [0.15, 0.2) is 24.0 Å². The highest BCUT2D eigenvalue weighted by atomic mass is 19.4. The number of ether oxygens (including phenoxy) is 1. The lowest BCUT2D eigenvalue weighted by molar-refractivity contribution is -0.138. The molecule has 8 heteroatoms. The fourth-order valence-corrected chi connectivity index (χ4v) is 1.89. The lowest BCUT2D eigenvalue weighted by Crippen LogP contribution is -2.13. The number of benzene rings is 2. The maximum absolute atomic E-state index is 13.0. The third-order valence-electron chi connectivity index (χ3n) is 3.24. The van der Waals surface area contributed by atoms with Gasteiger partial charge in [0.25, 0.3) is 0 Å². The van der Waals surface area contributed by atoms with Gasteiger partial charge in [-0.05, 0) is 42.0 Å². The minimum Gasteiger partial charge on any atom is -0.454 e. The molecule has 0 aromatic heterocycles. The molecule has 0 fully saturated rings. The molecule has 0 atom stereocenters. The van der Waals surface area contributed by atoms with E-state index in [-0.39, 0.29) is 5.56 Å². The molecule has 0 aliphatic heterocycles. The predicted octanol–water partition coefficient (Wildman–Crippen LogP) is 4.42. The average molecular weight is 370 g/mol. The summed E-state index contributed by atoms with van der Waals surface area (Å²) in [4.78, 5) is 23.2. The van der Waals surface area contributed by atoms with Gasteiger partial charge in [0.1, 0.15) is 0 Å². The Bertz CT molecular complexity index is 839. The maximum atomic E-state index is 13.0. The second kappa shape index (κ2) is 7.90. The number of ketones is 1. The fraction of sp³-hybridized carbons (Fsp3) is 0.111. The molecule has 0 spiro atoms. The van der Waals surface area contributed by atoms with Crippen molar-refractivity contribution >= 4 is 17.8 Å². The first-order chi connectivity index (χ1) is 12.2. The normalized spacial score (nSPS) is 11.6. The van der Waals surface area contributed by atoms with Gasteiger partial charge in [0.05, 0.1) is 5.56 Å². The number of hydrogen-bond donors (Lipinski definition) is 0. The van der Waals surface area contributed by atoms with Crippen molar-refractivity contribution in [1.29, 1.82) is 0 Å². The Morgan fingerprint density at radius 3 is 2.19 bits per heavy atom. The van der Waals surface area contributed by atoms with Crippen LogP contribution in [0.2, 0.25) is 0 Å². The molecule has 26 heavy (non-hydrogen) atoms. The highest BCUT2D eigenvalue weighted by molar-refractivity contribution is 5.98. The van der Waals surface area contributed by atoms with Crippen molar-refractivity contribution in [3.63, 3.8) is 0 Å². The molecule has 0 aliphatic carbocycles. The second-order valence-corrected chi connectivity index (χ2v) is 5.11. The van der Waals surface area contributed by atoms with Gasteiger partial charge < -0.3 is 4.74 Å². The molecule has 0 heterocycles. The number of hydrogen-bond acceptors (Lipinski definition) is 3. The van der Waals surface area contributed by atoms with Gasteiger partial charge in [0.2, 0.25) is 0 Å². The van der Waals surface area contributed by atoms with E-state index in [1.54, 1.807) is 0 Å². The number of carbonyl (C=O) groups is 2. The molecule has 0 saturated heterocycles. The van der Waals surface area contributed by atoms with Crippen LogP contribution >= 0.6 is 0 Å². The summed E-state index contributed by atoms with van der Waals surface area (Å²) in [5, 5.41) is 0. The van der Waals surface area contributed by atoms with Gasteiger partial charge >= 0.3 is 12.1 Å². The molecule has 0 unspecified atom stereocenters. The highest BCUT2D eigenvalue weighted by Gasteiger charge is 2.29. The Balaban J connectivity index is 1.90. The van der Waals surface area contributed by atoms with Crippen LogP contribution in [0.25, 0.3) is 6.08 Å². The van der Waals surface area contributed by atoms with Gasteiger partial charge in [-0.15, -0.1) is 0 Å². The maximum Gasteiger partial charge on any atom is 0.416 e. The summed E-state index contributed by atoms with van der Waals surface area (Å²) in [5.74, 6) is -3.97. The smallest absolute Gasteiger partial charge is 0.416 e. The number of alkyl halides is 3. The van der Waals surface area contributed by atoms with Crippen LogP contribution in [0.3, 0.4) is 0 Å². The van der Waals surface area contributed by atoms with Crippen molar-refractivity contribution in [2.24, 2.45) is 0 Å². The molecule has 0 bridgehead atoms. The fourth-order valence-electron chi connectivity index (χ4n) is 1.89. The number of Topliss-reactive ketones (excluding diaryl/α,β-unsaturated/α-hetero) is 1. The van der Waals surface area contributed by atoms with E-state index in [0.717, 1.165) is 30.3 Å². The van der Waals surface area contributed by atoms with Gasteiger partial charge in [-0.3, -0.25) is 4.79 Å². The van der Waals surface area contributed by atoms with Crippen molar-refractivity contribution in [2.45, 2.75) is 6.18 Å². The van der Waals surface area contributed by atoms with E-state index >= 15 is 0 Å². The topological polar surface area (TPSA) is 43.4 Å². The predicted molar refractivity (Wildman–Crippen MR) is 82.1 cm³/mol. The van der Waals surface area contributed by atoms with Crippen LogP contribution in [-0.2, 0) is 15.7 Å². The molecule has 0 saturated carbocycles. The Morgan fingerprint density at radius 2 is 1.62 bits per heavy atom. The Kier molecular flexibility index (Phi) is 5.86. The summed E-state index contributed by atoms with van der Waals surface area (Å²) >= 11 is 0. The molecule has 3 nitrogen and oxygen atoms in total. The first-order valence-corrected chi connectivity index (χ1v) is 7.17. The summed E-state index contributed by atoms with van der Waals surface area (Å²) in [6.45, 7) is -0.693. The quantitative estimate of drug-likeness (QED) is 0.339. The van der Waals surface area contributed by atoms with Crippen molar-refractivity contribution in [3.8, 4) is 0 Å². The lowest BCUT2D eigenvalue weighted by Gasteiger charge is -2.06. The van der Waals surface area contributed by atoms with Crippen LogP contribution in [0, 0.1) is 11.6 Å². The van der Waals surface area contributed by atoms with Crippen LogP contribution in [0.15, 0.2) is 48.5 Å². The molecule has 2 rings (SSSR count). The first kappa shape index (κ1) is 19.3. The molecule has 0 amide bonds. The van der Waals surface area contributed by atoms with Gasteiger partial charge in [-0.25, -0.2) is 13.6 Å². The third kappa shape index (κ3) is 5.23. The Morgan fingerprint density at radius 1 is 0.962 bits per heavy atom. The second-order valence-electron chi connectivity index (χ2n) is 5.11. The van der Waals surface area contributed by atoms with Crippen molar-refractivity contribution in [1.82, 2.24) is 0 Å². The minimum absolute atomic E-state index is 0.164. The molecule has 136 valence electrons. The summed E-state index contributed by atoms with van der Waals surface area (Å²) in [6.07, 6.45) is -2.31. The number of halogens is 5. The van der Waals surface area contributed by atoms with Crippen LogP contribution in [0.1, 0.15) is 21.5 Å². The standard InChI is InChI=1S/C18H11F5O3/c19-14-7-4-12(9-15(14)20)16(24)10-26-17(25)8-3-11-1-5-13(6-2-11)18(21,22)23/h1-9H,10H2/b8-3+. The lowest BCUT2D eigenvalue weighted by atomic mass is 10.1. The van der Waals surface area contributed by atoms with E-state index in [0.29, 0.717) is 11.6 Å². The van der Waals surface area contributed by atoms with Crippen molar-refractivity contribution in [2.75, 3.05) is 6.61 Å². The molecule has 0 N–H and O–H groups in total. The van der Waals surface area contributed by atoms with Gasteiger partial charge in [-0.2, -0.15) is 13.2 Å². The van der Waals surface area contributed by atoms with E-state index < -0.39 is 41.7 Å². The molecule has 0 radical (unpaired) electrons. The van der Waals surface area contributed by atoms with Crippen LogP contribution < -0.4 is 0 Å². The van der Waals surface area contributed by atoms with Gasteiger partial charge in [0, 0.05) is 11.6 Å². The van der Waals surface area contributed by atoms with Crippen LogP contribution in [0.5, 0.6) is 0 Å². The van der Waals surface area contributed by atoms with Crippen LogP contribution in [0.4, 0.5) is 22.0 Å². The molecule has 2 aromatic carbocycles. The summed E-state index contributed by atoms with van der Waals surface area (Å²) < 4.78 is 67.8. The molecular weight excluding hydrogens is 359 g/mol. The summed E-state index contributed by atoms with van der Waals surface area (Å²) in [5.41, 5.74) is -0.667. The third-order valence-corrected chi connectivity index (χ3v) is 3.24. The SMILES string of the molecule is O=C(/C=C/c1ccc(C(F)(F)F)cc1)OCC(=O)c1ccc(F)c(F)c1. The zero-order valence-electron chi connectivity index (χ0n) is 13.0. The number of esters is 1. The van der Waals surface area contributed by atoms with E-state index in [2.05, 4.69) is 4.74 Å². The molecular formula is C18H11F5O3.